The molecule has 1 aromatic rings. The highest BCUT2D eigenvalue weighted by Crippen LogP contribution is 2.19. The predicted molar refractivity (Wildman–Crippen MR) is 70.8 cm³/mol. The summed E-state index contributed by atoms with van der Waals surface area (Å²) < 4.78 is 5.32. The van der Waals surface area contributed by atoms with Crippen LogP contribution in [-0.2, 0) is 6.42 Å². The molecule has 0 radical (unpaired) electrons. The van der Waals surface area contributed by atoms with Crippen molar-refractivity contribution >= 4 is 11.8 Å². The number of ether oxygens (including phenoxy) is 1. The fourth-order valence-corrected chi connectivity index (χ4v) is 2.16. The van der Waals surface area contributed by atoms with Crippen molar-refractivity contribution < 1.29 is 4.74 Å². The topological polar surface area (TPSA) is 47.3 Å². The lowest BCUT2D eigenvalue weighted by molar-refractivity contribution is 0.404. The van der Waals surface area contributed by atoms with Crippen molar-refractivity contribution in [3.63, 3.8) is 0 Å². The molecule has 0 aliphatic heterocycles. The van der Waals surface area contributed by atoms with Crippen molar-refractivity contribution in [1.29, 1.82) is 0 Å². The van der Waals surface area contributed by atoms with Gasteiger partial charge in [-0.1, -0.05) is 18.2 Å². The second-order valence-electron chi connectivity index (χ2n) is 3.66. The van der Waals surface area contributed by atoms with Gasteiger partial charge in [-0.2, -0.15) is 11.8 Å². The summed E-state index contributed by atoms with van der Waals surface area (Å²) in [5, 5.41) is 0. The number of thioether (sulfide) groups is 1. The number of benzene rings is 1. The first-order valence-corrected chi connectivity index (χ1v) is 6.78. The van der Waals surface area contributed by atoms with Crippen molar-refractivity contribution in [2.75, 3.05) is 19.1 Å². The lowest BCUT2D eigenvalue weighted by Crippen LogP contribution is -2.37. The van der Waals surface area contributed by atoms with E-state index in [1.54, 1.807) is 7.11 Å². The van der Waals surface area contributed by atoms with E-state index in [0.717, 1.165) is 24.3 Å². The van der Waals surface area contributed by atoms with Gasteiger partial charge in [-0.25, -0.2) is 0 Å². The van der Waals surface area contributed by atoms with E-state index >= 15 is 0 Å². The van der Waals surface area contributed by atoms with Gasteiger partial charge in [0.2, 0.25) is 0 Å². The van der Waals surface area contributed by atoms with Crippen molar-refractivity contribution in [2.24, 2.45) is 5.84 Å². The van der Waals surface area contributed by atoms with Crippen LogP contribution in [0.15, 0.2) is 24.3 Å². The maximum Gasteiger partial charge on any atom is 0.122 e. The van der Waals surface area contributed by atoms with Gasteiger partial charge in [0, 0.05) is 6.04 Å². The van der Waals surface area contributed by atoms with Crippen LogP contribution in [0.5, 0.6) is 5.75 Å². The highest BCUT2D eigenvalue weighted by atomic mass is 32.2. The third kappa shape index (κ3) is 4.04. The third-order valence-corrected chi connectivity index (χ3v) is 3.21. The van der Waals surface area contributed by atoms with Gasteiger partial charge in [-0.15, -0.1) is 0 Å². The fraction of sp³-hybridized carbons (Fsp3) is 0.500. The Bertz CT molecular complexity index is 307. The van der Waals surface area contributed by atoms with Gasteiger partial charge < -0.3 is 4.74 Å². The maximum atomic E-state index is 5.55. The Morgan fingerprint density at radius 3 is 2.81 bits per heavy atom. The van der Waals surface area contributed by atoms with Crippen LogP contribution in [0.25, 0.3) is 0 Å². The van der Waals surface area contributed by atoms with Gasteiger partial charge >= 0.3 is 0 Å². The first-order chi connectivity index (χ1) is 7.81. The number of para-hydroxylation sites is 1. The van der Waals surface area contributed by atoms with Crippen LogP contribution < -0.4 is 16.0 Å². The number of hydrazine groups is 1. The predicted octanol–water partition coefficient (Wildman–Crippen LogP) is 1.82. The first kappa shape index (κ1) is 13.4. The molecule has 1 atom stereocenters. The van der Waals surface area contributed by atoms with Crippen molar-refractivity contribution in [1.82, 2.24) is 5.43 Å². The quantitative estimate of drug-likeness (QED) is 0.564. The van der Waals surface area contributed by atoms with Crippen LogP contribution >= 0.6 is 11.8 Å². The fourth-order valence-electron chi connectivity index (χ4n) is 1.64. The molecule has 1 aromatic carbocycles. The number of hydrogen-bond acceptors (Lipinski definition) is 4. The maximum absolute atomic E-state index is 5.55. The summed E-state index contributed by atoms with van der Waals surface area (Å²) in [6, 6.07) is 8.39. The zero-order valence-corrected chi connectivity index (χ0v) is 10.7. The number of methoxy groups -OCH3 is 1. The summed E-state index contributed by atoms with van der Waals surface area (Å²) >= 11 is 1.84. The summed E-state index contributed by atoms with van der Waals surface area (Å²) in [6.07, 6.45) is 4.08. The molecule has 16 heavy (non-hydrogen) atoms. The Morgan fingerprint density at radius 2 is 2.19 bits per heavy atom. The van der Waals surface area contributed by atoms with E-state index in [0.29, 0.717) is 6.04 Å². The largest absolute Gasteiger partial charge is 0.496 e. The summed E-state index contributed by atoms with van der Waals surface area (Å²) in [4.78, 5) is 0. The van der Waals surface area contributed by atoms with E-state index in [4.69, 9.17) is 10.6 Å². The van der Waals surface area contributed by atoms with Gasteiger partial charge in [0.25, 0.3) is 0 Å². The molecule has 3 nitrogen and oxygen atoms in total. The number of hydrogen-bond donors (Lipinski definition) is 2. The average molecular weight is 240 g/mol. The van der Waals surface area contributed by atoms with Crippen LogP contribution in [0, 0.1) is 0 Å². The molecule has 4 heteroatoms. The number of rotatable bonds is 7. The summed E-state index contributed by atoms with van der Waals surface area (Å²) in [5.41, 5.74) is 4.07. The van der Waals surface area contributed by atoms with Crippen molar-refractivity contribution in [2.45, 2.75) is 18.9 Å². The lowest BCUT2D eigenvalue weighted by Gasteiger charge is -2.17. The Morgan fingerprint density at radius 1 is 1.44 bits per heavy atom. The van der Waals surface area contributed by atoms with E-state index in [9.17, 15) is 0 Å². The minimum atomic E-state index is 0.309. The van der Waals surface area contributed by atoms with Crippen LogP contribution in [0.4, 0.5) is 0 Å². The van der Waals surface area contributed by atoms with Gasteiger partial charge in [0.05, 0.1) is 7.11 Å². The molecule has 0 saturated carbocycles. The molecule has 0 aliphatic carbocycles. The molecule has 1 rings (SSSR count). The molecule has 0 bridgehead atoms. The molecular weight excluding hydrogens is 220 g/mol. The Hall–Kier alpha value is -0.710. The van der Waals surface area contributed by atoms with Gasteiger partial charge in [-0.05, 0) is 36.5 Å². The zero-order chi connectivity index (χ0) is 11.8. The van der Waals surface area contributed by atoms with Gasteiger partial charge in [0.1, 0.15) is 5.75 Å². The summed E-state index contributed by atoms with van der Waals surface area (Å²) in [6.45, 7) is 0. The molecule has 0 aliphatic rings. The summed E-state index contributed by atoms with van der Waals surface area (Å²) in [7, 11) is 1.70. The van der Waals surface area contributed by atoms with Crippen LogP contribution in [0.3, 0.4) is 0 Å². The van der Waals surface area contributed by atoms with Crippen LogP contribution in [0.2, 0.25) is 0 Å². The smallest absolute Gasteiger partial charge is 0.122 e. The highest BCUT2D eigenvalue weighted by molar-refractivity contribution is 7.98. The van der Waals surface area contributed by atoms with E-state index in [-0.39, 0.29) is 0 Å². The second-order valence-corrected chi connectivity index (χ2v) is 4.65. The molecule has 1 unspecified atom stereocenters. The molecule has 3 N–H and O–H groups in total. The monoisotopic (exact) mass is 240 g/mol. The SMILES string of the molecule is COc1ccccc1CC(CCSC)NN. The van der Waals surface area contributed by atoms with Crippen LogP contribution in [-0.4, -0.2) is 25.2 Å². The second kappa shape index (κ2) is 7.54. The molecule has 0 aromatic heterocycles. The zero-order valence-electron chi connectivity index (χ0n) is 9.90. The molecule has 90 valence electrons. The van der Waals surface area contributed by atoms with Crippen LogP contribution in [0.1, 0.15) is 12.0 Å². The normalized spacial score (nSPS) is 12.4. The van der Waals surface area contributed by atoms with E-state index in [1.165, 1.54) is 5.56 Å². The minimum absolute atomic E-state index is 0.309. The molecule has 0 heterocycles. The number of nitrogens with one attached hydrogen (secondary N) is 1. The molecular formula is C12H20N2OS. The molecule has 0 amide bonds. The van der Waals surface area contributed by atoms with E-state index in [1.807, 2.05) is 30.0 Å². The highest BCUT2D eigenvalue weighted by Gasteiger charge is 2.10. The first-order valence-electron chi connectivity index (χ1n) is 5.38. The van der Waals surface area contributed by atoms with Gasteiger partial charge in [-0.3, -0.25) is 11.3 Å². The van der Waals surface area contributed by atoms with Crippen molar-refractivity contribution in [3.05, 3.63) is 29.8 Å². The van der Waals surface area contributed by atoms with Gasteiger partial charge in [0.15, 0.2) is 0 Å². The van der Waals surface area contributed by atoms with E-state index < -0.39 is 0 Å². The minimum Gasteiger partial charge on any atom is -0.496 e. The average Bonchev–Trinajstić information content (AvgIpc) is 2.34. The Balaban J connectivity index is 2.62. The Kier molecular flexibility index (Phi) is 6.30. The Labute approximate surface area is 102 Å². The molecule has 0 spiro atoms. The third-order valence-electron chi connectivity index (χ3n) is 2.56. The summed E-state index contributed by atoms with van der Waals surface area (Å²) in [5.74, 6) is 7.60. The lowest BCUT2D eigenvalue weighted by atomic mass is 10.0. The van der Waals surface area contributed by atoms with E-state index in [2.05, 4.69) is 17.7 Å². The number of nitrogens with two attached hydrogens (primary N) is 1. The van der Waals surface area contributed by atoms with Crippen molar-refractivity contribution in [3.8, 4) is 5.75 Å². The standard InChI is InChI=1S/C12H20N2OS/c1-15-12-6-4-3-5-10(12)9-11(14-13)7-8-16-2/h3-6,11,14H,7-9,13H2,1-2H3. The molecule has 0 fully saturated rings. The molecule has 0 saturated heterocycles.